The highest BCUT2D eigenvalue weighted by Gasteiger charge is 2.16. The zero-order valence-electron chi connectivity index (χ0n) is 13.2. The smallest absolute Gasteiger partial charge is 0.272 e. The lowest BCUT2D eigenvalue weighted by molar-refractivity contribution is -0.130. The minimum atomic E-state index is -0.176. The van der Waals surface area contributed by atoms with Crippen LogP contribution >= 0.6 is 0 Å². The van der Waals surface area contributed by atoms with Crippen molar-refractivity contribution in [3.63, 3.8) is 0 Å². The summed E-state index contributed by atoms with van der Waals surface area (Å²) in [6.45, 7) is 2.10. The number of hydrogen-bond acceptors (Lipinski definition) is 3. The van der Waals surface area contributed by atoms with Gasteiger partial charge in [-0.2, -0.15) is 5.10 Å². The lowest BCUT2D eigenvalue weighted by Gasteiger charge is -2.20. The van der Waals surface area contributed by atoms with Gasteiger partial charge in [0.15, 0.2) is 5.69 Å². The molecule has 1 aromatic carbocycles. The van der Waals surface area contributed by atoms with Gasteiger partial charge < -0.3 is 10.2 Å². The Bertz CT molecular complexity index is 695. The fraction of sp³-hybridized carbons (Fsp3) is 0.471. The largest absolute Gasteiger partial charge is 0.351 e. The number of aromatic amines is 1. The Morgan fingerprint density at radius 1 is 1.26 bits per heavy atom. The van der Waals surface area contributed by atoms with E-state index >= 15 is 0 Å². The summed E-state index contributed by atoms with van der Waals surface area (Å²) < 4.78 is 0. The highest BCUT2D eigenvalue weighted by Crippen LogP contribution is 2.15. The van der Waals surface area contributed by atoms with Gasteiger partial charge in [-0.15, -0.1) is 0 Å². The molecule has 1 saturated heterocycles. The van der Waals surface area contributed by atoms with Crippen LogP contribution in [0.25, 0.3) is 10.9 Å². The number of likely N-dealkylation sites (tertiary alicyclic amines) is 1. The molecular weight excluding hydrogens is 292 g/mol. The van der Waals surface area contributed by atoms with Crippen molar-refractivity contribution in [3.8, 4) is 0 Å². The van der Waals surface area contributed by atoms with Crippen molar-refractivity contribution in [1.29, 1.82) is 0 Å². The molecule has 0 spiro atoms. The molecule has 0 bridgehead atoms. The molecule has 2 aromatic rings. The van der Waals surface area contributed by atoms with Gasteiger partial charge in [0.2, 0.25) is 5.91 Å². The number of nitrogens with zero attached hydrogens (tertiary/aromatic N) is 2. The standard InChI is InChI=1S/C17H22N4O2/c22-15-9-2-1-5-11-21(15)12-6-10-18-17(23)16-13-7-3-4-8-14(13)19-20-16/h3-4,7-8H,1-2,5-6,9-12H2,(H,18,23)(H,19,20). The molecular formula is C17H22N4O2. The van der Waals surface area contributed by atoms with Crippen LogP contribution in [0.5, 0.6) is 0 Å². The van der Waals surface area contributed by atoms with E-state index in [2.05, 4.69) is 15.5 Å². The molecule has 1 aliphatic heterocycles. The van der Waals surface area contributed by atoms with Gasteiger partial charge in [0, 0.05) is 31.4 Å². The van der Waals surface area contributed by atoms with E-state index in [9.17, 15) is 9.59 Å². The maximum atomic E-state index is 12.2. The number of para-hydroxylation sites is 1. The third-order valence-electron chi connectivity index (χ3n) is 4.25. The number of aromatic nitrogens is 2. The minimum absolute atomic E-state index is 0.176. The molecule has 2 amide bonds. The molecule has 0 atom stereocenters. The van der Waals surface area contributed by atoms with Gasteiger partial charge in [0.1, 0.15) is 0 Å². The van der Waals surface area contributed by atoms with Crippen molar-refractivity contribution in [1.82, 2.24) is 20.4 Å². The van der Waals surface area contributed by atoms with Crippen LogP contribution in [-0.2, 0) is 4.79 Å². The molecule has 1 aromatic heterocycles. The fourth-order valence-electron chi connectivity index (χ4n) is 2.97. The van der Waals surface area contributed by atoms with E-state index in [4.69, 9.17) is 0 Å². The number of fused-ring (bicyclic) bond motifs is 1. The Kier molecular flexibility index (Phi) is 4.90. The molecule has 0 saturated carbocycles. The molecule has 0 radical (unpaired) electrons. The number of carbonyl (C=O) groups is 2. The van der Waals surface area contributed by atoms with Gasteiger partial charge in [0.25, 0.3) is 5.91 Å². The van der Waals surface area contributed by atoms with E-state index in [1.165, 1.54) is 0 Å². The normalized spacial score (nSPS) is 15.7. The summed E-state index contributed by atoms with van der Waals surface area (Å²) in [5.74, 6) is 0.0664. The molecule has 1 aliphatic rings. The van der Waals surface area contributed by atoms with E-state index in [0.29, 0.717) is 25.2 Å². The molecule has 23 heavy (non-hydrogen) atoms. The number of amides is 2. The first-order valence-electron chi connectivity index (χ1n) is 8.25. The highest BCUT2D eigenvalue weighted by atomic mass is 16.2. The van der Waals surface area contributed by atoms with Crippen molar-refractivity contribution in [3.05, 3.63) is 30.0 Å². The van der Waals surface area contributed by atoms with Crippen LogP contribution in [0.3, 0.4) is 0 Å². The van der Waals surface area contributed by atoms with Crippen LogP contribution in [0.2, 0.25) is 0 Å². The van der Waals surface area contributed by atoms with E-state index < -0.39 is 0 Å². The number of carbonyl (C=O) groups excluding carboxylic acids is 2. The molecule has 6 heteroatoms. The topological polar surface area (TPSA) is 78.1 Å². The van der Waals surface area contributed by atoms with Gasteiger partial charge >= 0.3 is 0 Å². The lowest BCUT2D eigenvalue weighted by atomic mass is 10.2. The lowest BCUT2D eigenvalue weighted by Crippen LogP contribution is -2.34. The van der Waals surface area contributed by atoms with Crippen molar-refractivity contribution in [2.24, 2.45) is 0 Å². The number of rotatable bonds is 5. The van der Waals surface area contributed by atoms with Crippen molar-refractivity contribution in [2.75, 3.05) is 19.6 Å². The van der Waals surface area contributed by atoms with Crippen LogP contribution in [0.4, 0.5) is 0 Å². The summed E-state index contributed by atoms with van der Waals surface area (Å²) in [6.07, 6.45) is 4.63. The van der Waals surface area contributed by atoms with Crippen LogP contribution in [-0.4, -0.2) is 46.5 Å². The van der Waals surface area contributed by atoms with Gasteiger partial charge in [0.05, 0.1) is 5.52 Å². The van der Waals surface area contributed by atoms with Crippen molar-refractivity contribution in [2.45, 2.75) is 32.1 Å². The Labute approximate surface area is 135 Å². The highest BCUT2D eigenvalue weighted by molar-refractivity contribution is 6.04. The van der Waals surface area contributed by atoms with Crippen LogP contribution in [0.1, 0.15) is 42.6 Å². The molecule has 2 heterocycles. The van der Waals surface area contributed by atoms with E-state index in [1.54, 1.807) is 0 Å². The molecule has 6 nitrogen and oxygen atoms in total. The van der Waals surface area contributed by atoms with Gasteiger partial charge in [-0.05, 0) is 25.3 Å². The van der Waals surface area contributed by atoms with Gasteiger partial charge in [-0.1, -0.05) is 24.6 Å². The number of nitrogens with one attached hydrogen (secondary N) is 2. The van der Waals surface area contributed by atoms with Gasteiger partial charge in [-0.25, -0.2) is 0 Å². The molecule has 0 unspecified atom stereocenters. The first kappa shape index (κ1) is 15.5. The molecule has 3 rings (SSSR count). The number of benzene rings is 1. The summed E-state index contributed by atoms with van der Waals surface area (Å²) >= 11 is 0. The molecule has 1 fully saturated rings. The van der Waals surface area contributed by atoms with Crippen molar-refractivity contribution < 1.29 is 9.59 Å². The van der Waals surface area contributed by atoms with Crippen molar-refractivity contribution >= 4 is 22.7 Å². The number of hydrogen-bond donors (Lipinski definition) is 2. The maximum absolute atomic E-state index is 12.2. The SMILES string of the molecule is O=C(NCCCN1CCCCCC1=O)c1n[nH]c2ccccc12. The second kappa shape index (κ2) is 7.26. The summed E-state index contributed by atoms with van der Waals surface area (Å²) in [4.78, 5) is 26.0. The van der Waals surface area contributed by atoms with Crippen LogP contribution in [0.15, 0.2) is 24.3 Å². The monoisotopic (exact) mass is 314 g/mol. The predicted molar refractivity (Wildman–Crippen MR) is 88.1 cm³/mol. The Balaban J connectivity index is 1.48. The van der Waals surface area contributed by atoms with E-state index in [0.717, 1.165) is 43.1 Å². The summed E-state index contributed by atoms with van der Waals surface area (Å²) in [7, 11) is 0. The minimum Gasteiger partial charge on any atom is -0.351 e. The van der Waals surface area contributed by atoms with E-state index in [-0.39, 0.29) is 11.8 Å². The number of H-pyrrole nitrogens is 1. The quantitative estimate of drug-likeness (QED) is 0.830. The summed E-state index contributed by atoms with van der Waals surface area (Å²) in [5, 5.41) is 10.7. The van der Waals surface area contributed by atoms with Crippen LogP contribution in [0, 0.1) is 0 Å². The predicted octanol–water partition coefficient (Wildman–Crippen LogP) is 2.09. The van der Waals surface area contributed by atoms with Gasteiger partial charge in [-0.3, -0.25) is 14.7 Å². The molecule has 122 valence electrons. The zero-order chi connectivity index (χ0) is 16.1. The average Bonchev–Trinajstić information content (AvgIpc) is 2.89. The Hall–Kier alpha value is -2.37. The first-order chi connectivity index (χ1) is 11.3. The summed E-state index contributed by atoms with van der Waals surface area (Å²) in [5.41, 5.74) is 1.28. The Morgan fingerprint density at radius 2 is 2.13 bits per heavy atom. The van der Waals surface area contributed by atoms with Crippen LogP contribution < -0.4 is 5.32 Å². The summed E-state index contributed by atoms with van der Waals surface area (Å²) in [6, 6.07) is 7.56. The molecule has 0 aliphatic carbocycles. The second-order valence-electron chi connectivity index (χ2n) is 5.92. The first-order valence-corrected chi connectivity index (χ1v) is 8.25. The van der Waals surface area contributed by atoms with E-state index in [1.807, 2.05) is 29.2 Å². The zero-order valence-corrected chi connectivity index (χ0v) is 13.2. The Morgan fingerprint density at radius 3 is 3.04 bits per heavy atom. The second-order valence-corrected chi connectivity index (χ2v) is 5.92. The molecule has 2 N–H and O–H groups in total. The average molecular weight is 314 g/mol. The fourth-order valence-corrected chi connectivity index (χ4v) is 2.97. The third-order valence-corrected chi connectivity index (χ3v) is 4.25. The maximum Gasteiger partial charge on any atom is 0.272 e. The third kappa shape index (κ3) is 3.70.